The molecule has 2 atom stereocenters. The Morgan fingerprint density at radius 1 is 1.45 bits per heavy atom. The average Bonchev–Trinajstić information content (AvgIpc) is 2.95. The SMILES string of the molecule is CCC1OCCC1C(=O)Nc1ccc(/C(C)=N/O)cc1. The monoisotopic (exact) mass is 276 g/mol. The Balaban J connectivity index is 2.01. The lowest BCUT2D eigenvalue weighted by atomic mass is 9.98. The molecule has 1 amide bonds. The normalized spacial score (nSPS) is 22.8. The van der Waals surface area contributed by atoms with Gasteiger partial charge in [0.2, 0.25) is 5.91 Å². The van der Waals surface area contributed by atoms with Gasteiger partial charge in [-0.25, -0.2) is 0 Å². The van der Waals surface area contributed by atoms with Crippen molar-refractivity contribution in [1.29, 1.82) is 0 Å². The van der Waals surface area contributed by atoms with Gasteiger partial charge < -0.3 is 15.3 Å². The van der Waals surface area contributed by atoms with Crippen LogP contribution in [0.25, 0.3) is 0 Å². The van der Waals surface area contributed by atoms with E-state index < -0.39 is 0 Å². The molecule has 2 rings (SSSR count). The molecule has 0 aromatic heterocycles. The third-order valence-electron chi connectivity index (χ3n) is 3.67. The lowest BCUT2D eigenvalue weighted by Gasteiger charge is -2.16. The van der Waals surface area contributed by atoms with E-state index in [1.807, 2.05) is 19.1 Å². The Kier molecular flexibility index (Phi) is 4.74. The Labute approximate surface area is 118 Å². The standard InChI is InChI=1S/C15H20N2O3/c1-3-14-13(8-9-20-14)15(18)16-12-6-4-11(5-7-12)10(2)17-19/h4-7,13-14,19H,3,8-9H2,1-2H3,(H,16,18)/b17-10+. The van der Waals surface area contributed by atoms with Crippen LogP contribution in [-0.2, 0) is 9.53 Å². The van der Waals surface area contributed by atoms with Gasteiger partial charge in [0, 0.05) is 12.3 Å². The number of hydrogen-bond donors (Lipinski definition) is 2. The zero-order valence-corrected chi connectivity index (χ0v) is 11.8. The smallest absolute Gasteiger partial charge is 0.230 e. The topological polar surface area (TPSA) is 70.9 Å². The molecule has 5 heteroatoms. The number of oxime groups is 1. The van der Waals surface area contributed by atoms with Gasteiger partial charge >= 0.3 is 0 Å². The van der Waals surface area contributed by atoms with Crippen LogP contribution in [0.4, 0.5) is 5.69 Å². The van der Waals surface area contributed by atoms with Crippen LogP contribution in [0.15, 0.2) is 29.4 Å². The van der Waals surface area contributed by atoms with E-state index in [0.717, 1.165) is 24.1 Å². The van der Waals surface area contributed by atoms with Crippen molar-refractivity contribution in [1.82, 2.24) is 0 Å². The highest BCUT2D eigenvalue weighted by molar-refractivity contribution is 5.99. The van der Waals surface area contributed by atoms with Gasteiger partial charge in [-0.2, -0.15) is 0 Å². The minimum absolute atomic E-state index is 0.00893. The maximum Gasteiger partial charge on any atom is 0.230 e. The van der Waals surface area contributed by atoms with Crippen LogP contribution in [0, 0.1) is 5.92 Å². The Bertz CT molecular complexity index is 496. The van der Waals surface area contributed by atoms with Gasteiger partial charge in [0.15, 0.2) is 0 Å². The summed E-state index contributed by atoms with van der Waals surface area (Å²) in [6.07, 6.45) is 1.65. The van der Waals surface area contributed by atoms with Crippen molar-refractivity contribution in [3.63, 3.8) is 0 Å². The lowest BCUT2D eigenvalue weighted by Crippen LogP contribution is -2.29. The van der Waals surface area contributed by atoms with Gasteiger partial charge in [-0.3, -0.25) is 4.79 Å². The van der Waals surface area contributed by atoms with Crippen LogP contribution in [-0.4, -0.2) is 29.5 Å². The molecule has 2 unspecified atom stereocenters. The minimum atomic E-state index is -0.0691. The van der Waals surface area contributed by atoms with Gasteiger partial charge in [-0.1, -0.05) is 24.2 Å². The molecule has 1 saturated heterocycles. The molecule has 0 bridgehead atoms. The van der Waals surface area contributed by atoms with E-state index in [1.54, 1.807) is 19.1 Å². The summed E-state index contributed by atoms with van der Waals surface area (Å²) in [5.41, 5.74) is 2.10. The molecule has 0 radical (unpaired) electrons. The molecule has 108 valence electrons. The summed E-state index contributed by atoms with van der Waals surface area (Å²) in [6, 6.07) is 7.23. The molecular formula is C15H20N2O3. The molecular weight excluding hydrogens is 256 g/mol. The van der Waals surface area contributed by atoms with Gasteiger partial charge in [-0.15, -0.1) is 0 Å². The predicted octanol–water partition coefficient (Wildman–Crippen LogP) is 2.64. The van der Waals surface area contributed by atoms with E-state index in [0.29, 0.717) is 12.3 Å². The van der Waals surface area contributed by atoms with Gasteiger partial charge in [-0.05, 0) is 37.5 Å². The van der Waals surface area contributed by atoms with E-state index in [9.17, 15) is 4.79 Å². The summed E-state index contributed by atoms with van der Waals surface area (Å²) in [6.45, 7) is 4.40. The fraction of sp³-hybridized carbons (Fsp3) is 0.467. The van der Waals surface area contributed by atoms with E-state index in [4.69, 9.17) is 9.94 Å². The van der Waals surface area contributed by atoms with Gasteiger partial charge in [0.05, 0.1) is 17.7 Å². The van der Waals surface area contributed by atoms with Crippen molar-refractivity contribution < 1.29 is 14.7 Å². The van der Waals surface area contributed by atoms with Crippen LogP contribution >= 0.6 is 0 Å². The number of anilines is 1. The average molecular weight is 276 g/mol. The molecule has 2 N–H and O–H groups in total. The maximum absolute atomic E-state index is 12.2. The highest BCUT2D eigenvalue weighted by atomic mass is 16.5. The molecule has 1 aliphatic rings. The Morgan fingerprint density at radius 2 is 2.15 bits per heavy atom. The van der Waals surface area contributed by atoms with Crippen LogP contribution in [0.2, 0.25) is 0 Å². The molecule has 1 aromatic carbocycles. The van der Waals surface area contributed by atoms with Crippen LogP contribution < -0.4 is 5.32 Å². The van der Waals surface area contributed by atoms with E-state index in [-0.39, 0.29) is 17.9 Å². The summed E-state index contributed by atoms with van der Waals surface area (Å²) in [4.78, 5) is 12.2. The number of ether oxygens (including phenoxy) is 1. The third-order valence-corrected chi connectivity index (χ3v) is 3.67. The van der Waals surface area contributed by atoms with Gasteiger partial charge in [0.25, 0.3) is 0 Å². The fourth-order valence-corrected chi connectivity index (χ4v) is 2.44. The summed E-state index contributed by atoms with van der Waals surface area (Å²) >= 11 is 0. The largest absolute Gasteiger partial charge is 0.411 e. The van der Waals surface area contributed by atoms with Crippen LogP contribution in [0.3, 0.4) is 0 Å². The molecule has 0 aliphatic carbocycles. The summed E-state index contributed by atoms with van der Waals surface area (Å²) in [5, 5.41) is 14.8. The van der Waals surface area contributed by atoms with Crippen molar-refractivity contribution >= 4 is 17.3 Å². The minimum Gasteiger partial charge on any atom is -0.411 e. The van der Waals surface area contributed by atoms with Crippen molar-refractivity contribution in [2.75, 3.05) is 11.9 Å². The van der Waals surface area contributed by atoms with Crippen molar-refractivity contribution in [3.05, 3.63) is 29.8 Å². The molecule has 1 aromatic rings. The van der Waals surface area contributed by atoms with Crippen LogP contribution in [0.5, 0.6) is 0 Å². The van der Waals surface area contributed by atoms with E-state index in [2.05, 4.69) is 10.5 Å². The fourth-order valence-electron chi connectivity index (χ4n) is 2.44. The van der Waals surface area contributed by atoms with Crippen LogP contribution in [0.1, 0.15) is 32.3 Å². The summed E-state index contributed by atoms with van der Waals surface area (Å²) in [5.74, 6) is -0.0601. The lowest BCUT2D eigenvalue weighted by molar-refractivity contribution is -0.121. The molecule has 1 aliphatic heterocycles. The number of hydrogen-bond acceptors (Lipinski definition) is 4. The molecule has 1 fully saturated rings. The second-order valence-electron chi connectivity index (χ2n) is 4.96. The number of amides is 1. The quantitative estimate of drug-likeness (QED) is 0.504. The van der Waals surface area contributed by atoms with Crippen molar-refractivity contribution in [2.24, 2.45) is 11.1 Å². The maximum atomic E-state index is 12.2. The number of nitrogens with one attached hydrogen (secondary N) is 1. The number of rotatable bonds is 4. The zero-order valence-electron chi connectivity index (χ0n) is 11.8. The first kappa shape index (κ1) is 14.5. The molecule has 5 nitrogen and oxygen atoms in total. The molecule has 0 saturated carbocycles. The first-order valence-corrected chi connectivity index (χ1v) is 6.87. The van der Waals surface area contributed by atoms with Crippen molar-refractivity contribution in [3.8, 4) is 0 Å². The highest BCUT2D eigenvalue weighted by Gasteiger charge is 2.32. The first-order chi connectivity index (χ1) is 9.65. The van der Waals surface area contributed by atoms with Gasteiger partial charge in [0.1, 0.15) is 0 Å². The summed E-state index contributed by atoms with van der Waals surface area (Å²) < 4.78 is 5.53. The summed E-state index contributed by atoms with van der Waals surface area (Å²) in [7, 11) is 0. The number of carbonyl (C=O) groups is 1. The highest BCUT2D eigenvalue weighted by Crippen LogP contribution is 2.25. The van der Waals surface area contributed by atoms with Crippen molar-refractivity contribution in [2.45, 2.75) is 32.8 Å². The number of carbonyl (C=O) groups excluding carboxylic acids is 1. The third kappa shape index (κ3) is 3.17. The number of benzene rings is 1. The second kappa shape index (κ2) is 6.52. The Morgan fingerprint density at radius 3 is 2.75 bits per heavy atom. The number of nitrogens with zero attached hydrogens (tertiary/aromatic N) is 1. The molecule has 20 heavy (non-hydrogen) atoms. The zero-order chi connectivity index (χ0) is 14.5. The molecule has 1 heterocycles. The second-order valence-corrected chi connectivity index (χ2v) is 4.96. The predicted molar refractivity (Wildman–Crippen MR) is 77.2 cm³/mol. The first-order valence-electron chi connectivity index (χ1n) is 6.87. The van der Waals surface area contributed by atoms with E-state index in [1.165, 1.54) is 0 Å². The Hall–Kier alpha value is -1.88. The van der Waals surface area contributed by atoms with E-state index >= 15 is 0 Å². The molecule has 0 spiro atoms.